The molecule has 2 aromatic carbocycles. The van der Waals surface area contributed by atoms with E-state index in [2.05, 4.69) is 20.9 Å². The molecule has 2 heterocycles. The summed E-state index contributed by atoms with van der Waals surface area (Å²) in [7, 11) is 0. The molecular formula is C20H17BrN2O5S. The maximum atomic E-state index is 12.8. The van der Waals surface area contributed by atoms with Crippen LogP contribution >= 0.6 is 27.3 Å². The van der Waals surface area contributed by atoms with Crippen molar-refractivity contribution in [3.05, 3.63) is 51.2 Å². The Labute approximate surface area is 178 Å². The largest absolute Gasteiger partial charge is 0.466 e. The van der Waals surface area contributed by atoms with Gasteiger partial charge in [0.1, 0.15) is 0 Å². The van der Waals surface area contributed by atoms with Gasteiger partial charge in [0, 0.05) is 23.2 Å². The molecule has 3 aromatic rings. The third-order valence-corrected chi connectivity index (χ3v) is 6.06. The number of fused-ring (bicyclic) bond motifs is 2. The lowest BCUT2D eigenvalue weighted by molar-refractivity contribution is -0.143. The fourth-order valence-corrected chi connectivity index (χ4v) is 4.50. The topological polar surface area (TPSA) is 79.1 Å². The molecule has 1 aliphatic rings. The van der Waals surface area contributed by atoms with E-state index in [1.54, 1.807) is 25.1 Å². The van der Waals surface area contributed by atoms with Gasteiger partial charge in [-0.05, 0) is 35.0 Å². The van der Waals surface area contributed by atoms with Crippen LogP contribution in [0.5, 0.6) is 11.5 Å². The molecule has 0 aliphatic carbocycles. The Hall–Kier alpha value is -2.65. The number of esters is 1. The van der Waals surface area contributed by atoms with Gasteiger partial charge in [-0.25, -0.2) is 0 Å². The number of carbonyl (C=O) groups excluding carboxylic acids is 2. The van der Waals surface area contributed by atoms with Crippen molar-refractivity contribution in [3.8, 4) is 11.5 Å². The molecule has 0 bridgehead atoms. The molecule has 0 unspecified atom stereocenters. The standard InChI is InChI=1S/C20H17BrN2O5S/c1-2-26-18(24)7-8-23-14-9-15-16(28-11-27-15)10-17(14)29-20(23)22-19(25)12-5-3-4-6-13(12)21/h3-6,9-10H,2,7-8,11H2,1H3. The number of nitrogens with zero attached hydrogens (tertiary/aromatic N) is 2. The first kappa shape index (κ1) is 19.7. The lowest BCUT2D eigenvalue weighted by Crippen LogP contribution is -2.19. The molecule has 29 heavy (non-hydrogen) atoms. The predicted molar refractivity (Wildman–Crippen MR) is 111 cm³/mol. The van der Waals surface area contributed by atoms with E-state index in [-0.39, 0.29) is 25.1 Å². The van der Waals surface area contributed by atoms with Crippen molar-refractivity contribution < 1.29 is 23.8 Å². The van der Waals surface area contributed by atoms with E-state index >= 15 is 0 Å². The average molecular weight is 477 g/mol. The fraction of sp³-hybridized carbons (Fsp3) is 0.250. The smallest absolute Gasteiger partial charge is 0.307 e. The zero-order valence-corrected chi connectivity index (χ0v) is 17.9. The van der Waals surface area contributed by atoms with E-state index in [4.69, 9.17) is 14.2 Å². The number of halogens is 1. The SMILES string of the molecule is CCOC(=O)CCn1c(=NC(=O)c2ccccc2Br)sc2cc3c(cc21)OCO3. The van der Waals surface area contributed by atoms with E-state index in [0.29, 0.717) is 39.5 Å². The van der Waals surface area contributed by atoms with Gasteiger partial charge in [0.2, 0.25) is 6.79 Å². The Balaban J connectivity index is 1.79. The van der Waals surface area contributed by atoms with Crippen LogP contribution in [0.25, 0.3) is 10.2 Å². The summed E-state index contributed by atoms with van der Waals surface area (Å²) in [6.45, 7) is 2.60. The second-order valence-electron chi connectivity index (χ2n) is 6.16. The second kappa shape index (κ2) is 8.38. The Morgan fingerprint density at radius 2 is 2.00 bits per heavy atom. The summed E-state index contributed by atoms with van der Waals surface area (Å²) in [6, 6.07) is 10.8. The van der Waals surface area contributed by atoms with Gasteiger partial charge in [-0.1, -0.05) is 23.5 Å². The zero-order chi connectivity index (χ0) is 20.4. The van der Waals surface area contributed by atoms with Gasteiger partial charge in [0.05, 0.1) is 28.8 Å². The quantitative estimate of drug-likeness (QED) is 0.521. The number of hydrogen-bond acceptors (Lipinski definition) is 6. The Kier molecular flexibility index (Phi) is 5.68. The number of hydrogen-bond donors (Lipinski definition) is 0. The molecule has 7 nitrogen and oxygen atoms in total. The van der Waals surface area contributed by atoms with Crippen molar-refractivity contribution in [2.45, 2.75) is 19.9 Å². The number of ether oxygens (including phenoxy) is 3. The maximum absolute atomic E-state index is 12.8. The zero-order valence-electron chi connectivity index (χ0n) is 15.5. The third kappa shape index (κ3) is 4.06. The molecule has 1 amide bonds. The van der Waals surface area contributed by atoms with Crippen LogP contribution in [0.2, 0.25) is 0 Å². The number of amides is 1. The summed E-state index contributed by atoms with van der Waals surface area (Å²) in [5.74, 6) is 0.612. The molecule has 0 saturated carbocycles. The minimum absolute atomic E-state index is 0.171. The molecule has 1 aliphatic heterocycles. The fourth-order valence-electron chi connectivity index (χ4n) is 2.98. The van der Waals surface area contributed by atoms with Crippen molar-refractivity contribution in [2.75, 3.05) is 13.4 Å². The molecule has 0 saturated heterocycles. The van der Waals surface area contributed by atoms with Crippen LogP contribution in [0.15, 0.2) is 45.9 Å². The van der Waals surface area contributed by atoms with Gasteiger partial charge in [-0.2, -0.15) is 4.99 Å². The van der Waals surface area contributed by atoms with Crippen LogP contribution in [-0.2, 0) is 16.1 Å². The number of aromatic nitrogens is 1. The van der Waals surface area contributed by atoms with Gasteiger partial charge in [0.25, 0.3) is 5.91 Å². The molecule has 0 spiro atoms. The van der Waals surface area contributed by atoms with E-state index < -0.39 is 0 Å². The normalized spacial score (nSPS) is 13.1. The Morgan fingerprint density at radius 1 is 1.24 bits per heavy atom. The minimum atomic E-state index is -0.367. The van der Waals surface area contributed by atoms with Gasteiger partial charge >= 0.3 is 5.97 Å². The predicted octanol–water partition coefficient (Wildman–Crippen LogP) is 3.89. The van der Waals surface area contributed by atoms with Gasteiger partial charge in [-0.15, -0.1) is 0 Å². The molecule has 0 fully saturated rings. The van der Waals surface area contributed by atoms with Crippen LogP contribution < -0.4 is 14.3 Å². The molecule has 0 N–H and O–H groups in total. The minimum Gasteiger partial charge on any atom is -0.466 e. The summed E-state index contributed by atoms with van der Waals surface area (Å²) < 4.78 is 19.4. The first-order valence-electron chi connectivity index (χ1n) is 8.99. The van der Waals surface area contributed by atoms with Crippen LogP contribution in [0.3, 0.4) is 0 Å². The molecule has 0 atom stereocenters. The lowest BCUT2D eigenvalue weighted by atomic mass is 10.2. The highest BCUT2D eigenvalue weighted by Gasteiger charge is 2.19. The first-order valence-corrected chi connectivity index (χ1v) is 10.6. The highest BCUT2D eigenvalue weighted by molar-refractivity contribution is 9.10. The van der Waals surface area contributed by atoms with E-state index in [1.165, 1.54) is 11.3 Å². The van der Waals surface area contributed by atoms with E-state index in [1.807, 2.05) is 22.8 Å². The maximum Gasteiger partial charge on any atom is 0.307 e. The van der Waals surface area contributed by atoms with Crippen LogP contribution in [0.4, 0.5) is 0 Å². The summed E-state index contributed by atoms with van der Waals surface area (Å²) in [4.78, 5) is 29.5. The first-order chi connectivity index (χ1) is 14.1. The molecule has 9 heteroatoms. The Morgan fingerprint density at radius 3 is 2.76 bits per heavy atom. The third-order valence-electron chi connectivity index (χ3n) is 4.32. The lowest BCUT2D eigenvalue weighted by Gasteiger charge is -2.06. The molecular weight excluding hydrogens is 460 g/mol. The summed E-state index contributed by atoms with van der Waals surface area (Å²) in [5.41, 5.74) is 1.29. The van der Waals surface area contributed by atoms with Crippen molar-refractivity contribution in [3.63, 3.8) is 0 Å². The highest BCUT2D eigenvalue weighted by Crippen LogP contribution is 2.37. The highest BCUT2D eigenvalue weighted by atomic mass is 79.9. The van der Waals surface area contributed by atoms with Crippen molar-refractivity contribution in [1.29, 1.82) is 0 Å². The number of carbonyl (C=O) groups is 2. The van der Waals surface area contributed by atoms with E-state index in [9.17, 15) is 9.59 Å². The van der Waals surface area contributed by atoms with Crippen LogP contribution in [0.1, 0.15) is 23.7 Å². The number of benzene rings is 2. The van der Waals surface area contributed by atoms with Gasteiger partial charge in [0.15, 0.2) is 16.3 Å². The van der Waals surface area contributed by atoms with Crippen LogP contribution in [0, 0.1) is 0 Å². The molecule has 1 aromatic heterocycles. The number of rotatable bonds is 5. The second-order valence-corrected chi connectivity index (χ2v) is 8.02. The molecule has 150 valence electrons. The number of aryl methyl sites for hydroxylation is 1. The van der Waals surface area contributed by atoms with Crippen LogP contribution in [-0.4, -0.2) is 29.8 Å². The van der Waals surface area contributed by atoms with Crippen molar-refractivity contribution in [2.24, 2.45) is 4.99 Å². The summed E-state index contributed by atoms with van der Waals surface area (Å²) in [5, 5.41) is 0. The van der Waals surface area contributed by atoms with E-state index in [0.717, 1.165) is 10.2 Å². The van der Waals surface area contributed by atoms with Gasteiger partial charge in [-0.3, -0.25) is 9.59 Å². The summed E-state index contributed by atoms with van der Waals surface area (Å²) >= 11 is 4.74. The molecule has 4 rings (SSSR count). The monoisotopic (exact) mass is 476 g/mol. The molecule has 0 radical (unpaired) electrons. The Bertz CT molecular complexity index is 1170. The number of thiazole rings is 1. The average Bonchev–Trinajstić information content (AvgIpc) is 3.28. The van der Waals surface area contributed by atoms with Crippen molar-refractivity contribution in [1.82, 2.24) is 4.57 Å². The van der Waals surface area contributed by atoms with Crippen molar-refractivity contribution >= 4 is 49.4 Å². The van der Waals surface area contributed by atoms with Gasteiger partial charge < -0.3 is 18.8 Å². The summed E-state index contributed by atoms with van der Waals surface area (Å²) in [6.07, 6.45) is 0.171.